The van der Waals surface area contributed by atoms with Crippen molar-refractivity contribution in [1.82, 2.24) is 15.5 Å². The molecule has 2 rings (SSSR count). The van der Waals surface area contributed by atoms with Gasteiger partial charge in [-0.2, -0.15) is 10.2 Å². The Bertz CT molecular complexity index is 470. The molecule has 0 amide bonds. The van der Waals surface area contributed by atoms with Gasteiger partial charge in [0.15, 0.2) is 0 Å². The van der Waals surface area contributed by atoms with E-state index in [2.05, 4.69) is 62.6 Å². The van der Waals surface area contributed by atoms with E-state index in [1.54, 1.807) is 6.20 Å². The molecule has 1 N–H and O–H groups in total. The predicted octanol–water partition coefficient (Wildman–Crippen LogP) is 3.13. The average molecular weight is 306 g/mol. The van der Waals surface area contributed by atoms with Gasteiger partial charge in [-0.3, -0.25) is 0 Å². The molecule has 2 aromatic rings. The number of likely N-dealkylation sites (N-methyl/N-ethyl adjacent to an activating group) is 1. The van der Waals surface area contributed by atoms with Gasteiger partial charge in [0.05, 0.1) is 6.20 Å². The molecule has 18 heavy (non-hydrogen) atoms. The van der Waals surface area contributed by atoms with Crippen LogP contribution in [0.4, 0.5) is 0 Å². The lowest BCUT2D eigenvalue weighted by molar-refractivity contribution is 0.546. The van der Waals surface area contributed by atoms with Gasteiger partial charge in [-0.05, 0) is 42.3 Å². The van der Waals surface area contributed by atoms with Gasteiger partial charge in [0.25, 0.3) is 0 Å². The second kappa shape index (κ2) is 6.61. The Morgan fingerprint density at radius 2 is 1.94 bits per heavy atom. The van der Waals surface area contributed by atoms with E-state index in [-0.39, 0.29) is 6.04 Å². The van der Waals surface area contributed by atoms with Crippen LogP contribution >= 0.6 is 15.9 Å². The van der Waals surface area contributed by atoms with E-state index in [4.69, 9.17) is 0 Å². The lowest BCUT2D eigenvalue weighted by Crippen LogP contribution is -2.23. The maximum Gasteiger partial charge on any atom is 0.0544 e. The van der Waals surface area contributed by atoms with Gasteiger partial charge in [0, 0.05) is 16.7 Å². The van der Waals surface area contributed by atoms with Crippen molar-refractivity contribution in [3.63, 3.8) is 0 Å². The number of hydrogen-bond acceptors (Lipinski definition) is 3. The highest BCUT2D eigenvalue weighted by Gasteiger charge is 2.11. The summed E-state index contributed by atoms with van der Waals surface area (Å²) in [6, 6.07) is 10.7. The molecule has 1 aromatic heterocycles. The Kier molecular flexibility index (Phi) is 4.84. The van der Waals surface area contributed by atoms with E-state index in [0.717, 1.165) is 17.4 Å². The van der Waals surface area contributed by atoms with Gasteiger partial charge >= 0.3 is 0 Å². The molecule has 0 aliphatic heterocycles. The number of benzene rings is 1. The molecule has 4 heteroatoms. The zero-order valence-electron chi connectivity index (χ0n) is 10.3. The molecule has 0 radical (unpaired) electrons. The van der Waals surface area contributed by atoms with Crippen LogP contribution in [0.5, 0.6) is 0 Å². The minimum absolute atomic E-state index is 0.284. The number of rotatable bonds is 5. The molecule has 0 saturated heterocycles. The average Bonchev–Trinajstić information content (AvgIpc) is 2.42. The van der Waals surface area contributed by atoms with Crippen LogP contribution in [0.1, 0.15) is 24.1 Å². The van der Waals surface area contributed by atoms with Gasteiger partial charge in [-0.1, -0.05) is 35.0 Å². The molecule has 1 aromatic carbocycles. The van der Waals surface area contributed by atoms with Crippen LogP contribution in [0.3, 0.4) is 0 Å². The maximum atomic E-state index is 3.95. The van der Waals surface area contributed by atoms with Crippen molar-refractivity contribution >= 4 is 15.9 Å². The predicted molar refractivity (Wildman–Crippen MR) is 76.3 cm³/mol. The Labute approximate surface area is 116 Å². The summed E-state index contributed by atoms with van der Waals surface area (Å²) in [6.07, 6.45) is 4.51. The molecule has 1 unspecified atom stereocenters. The summed E-state index contributed by atoms with van der Waals surface area (Å²) in [7, 11) is 0. The quantitative estimate of drug-likeness (QED) is 0.922. The number of hydrogen-bond donors (Lipinski definition) is 1. The van der Waals surface area contributed by atoms with Crippen molar-refractivity contribution in [2.24, 2.45) is 0 Å². The molecular formula is C14H16BrN3. The number of halogens is 1. The molecule has 0 bridgehead atoms. The van der Waals surface area contributed by atoms with Crippen LogP contribution in [0.25, 0.3) is 0 Å². The third-order valence-corrected chi connectivity index (χ3v) is 3.34. The molecule has 0 saturated carbocycles. The smallest absolute Gasteiger partial charge is 0.0544 e. The third kappa shape index (κ3) is 3.62. The van der Waals surface area contributed by atoms with Crippen molar-refractivity contribution in [2.75, 3.05) is 6.54 Å². The Hall–Kier alpha value is -1.26. The number of aromatic nitrogens is 2. The standard InChI is InChI=1S/C14H16BrN3/c1-2-16-14(12-7-8-17-18-10-12)9-11-3-5-13(15)6-4-11/h3-8,10,14,16H,2,9H2,1H3. The molecular weight excluding hydrogens is 290 g/mol. The van der Waals surface area contributed by atoms with Crippen molar-refractivity contribution in [3.8, 4) is 0 Å². The van der Waals surface area contributed by atoms with E-state index in [9.17, 15) is 0 Å². The summed E-state index contributed by atoms with van der Waals surface area (Å²) in [5, 5.41) is 11.3. The minimum atomic E-state index is 0.284. The zero-order valence-corrected chi connectivity index (χ0v) is 11.9. The van der Waals surface area contributed by atoms with E-state index in [0.29, 0.717) is 0 Å². The van der Waals surface area contributed by atoms with Crippen LogP contribution in [0.15, 0.2) is 47.2 Å². The highest BCUT2D eigenvalue weighted by molar-refractivity contribution is 9.10. The fraction of sp³-hybridized carbons (Fsp3) is 0.286. The van der Waals surface area contributed by atoms with E-state index in [1.807, 2.05) is 12.3 Å². The first-order chi connectivity index (χ1) is 8.79. The molecule has 1 atom stereocenters. The van der Waals surface area contributed by atoms with Crippen molar-refractivity contribution in [2.45, 2.75) is 19.4 Å². The topological polar surface area (TPSA) is 37.8 Å². The lowest BCUT2D eigenvalue weighted by atomic mass is 10.0. The molecule has 0 spiro atoms. The van der Waals surface area contributed by atoms with E-state index in [1.165, 1.54) is 11.1 Å². The highest BCUT2D eigenvalue weighted by Crippen LogP contribution is 2.19. The van der Waals surface area contributed by atoms with Crippen LogP contribution in [0, 0.1) is 0 Å². The number of nitrogens with zero attached hydrogens (tertiary/aromatic N) is 2. The van der Waals surface area contributed by atoms with Crippen LogP contribution in [-0.4, -0.2) is 16.7 Å². The van der Waals surface area contributed by atoms with Crippen molar-refractivity contribution in [1.29, 1.82) is 0 Å². The highest BCUT2D eigenvalue weighted by atomic mass is 79.9. The van der Waals surface area contributed by atoms with Crippen LogP contribution in [0.2, 0.25) is 0 Å². The Morgan fingerprint density at radius 1 is 1.17 bits per heavy atom. The van der Waals surface area contributed by atoms with Crippen LogP contribution in [-0.2, 0) is 6.42 Å². The number of nitrogens with one attached hydrogen (secondary N) is 1. The molecule has 1 heterocycles. The summed E-state index contributed by atoms with van der Waals surface area (Å²) >= 11 is 3.45. The fourth-order valence-corrected chi connectivity index (χ4v) is 2.18. The molecule has 0 aliphatic rings. The summed E-state index contributed by atoms with van der Waals surface area (Å²) in [6.45, 7) is 3.05. The van der Waals surface area contributed by atoms with E-state index >= 15 is 0 Å². The molecule has 94 valence electrons. The van der Waals surface area contributed by atoms with E-state index < -0.39 is 0 Å². The SMILES string of the molecule is CCNC(Cc1ccc(Br)cc1)c1ccnnc1. The Morgan fingerprint density at radius 3 is 2.56 bits per heavy atom. The van der Waals surface area contributed by atoms with Gasteiger partial charge < -0.3 is 5.32 Å². The van der Waals surface area contributed by atoms with Crippen molar-refractivity contribution in [3.05, 3.63) is 58.3 Å². The molecule has 3 nitrogen and oxygen atoms in total. The molecule has 0 aliphatic carbocycles. The molecule has 0 fully saturated rings. The normalized spacial score (nSPS) is 12.3. The largest absolute Gasteiger partial charge is 0.310 e. The van der Waals surface area contributed by atoms with Crippen molar-refractivity contribution < 1.29 is 0 Å². The first-order valence-corrected chi connectivity index (χ1v) is 6.83. The zero-order chi connectivity index (χ0) is 12.8. The third-order valence-electron chi connectivity index (χ3n) is 2.81. The lowest BCUT2D eigenvalue weighted by Gasteiger charge is -2.17. The van der Waals surface area contributed by atoms with Gasteiger partial charge in [0.1, 0.15) is 0 Å². The summed E-state index contributed by atoms with van der Waals surface area (Å²) in [5.74, 6) is 0. The van der Waals surface area contributed by atoms with Gasteiger partial charge in [0.2, 0.25) is 0 Å². The summed E-state index contributed by atoms with van der Waals surface area (Å²) in [4.78, 5) is 0. The van der Waals surface area contributed by atoms with Crippen LogP contribution < -0.4 is 5.32 Å². The monoisotopic (exact) mass is 305 g/mol. The second-order valence-electron chi connectivity index (χ2n) is 4.12. The summed E-state index contributed by atoms with van der Waals surface area (Å²) in [5.41, 5.74) is 2.48. The Balaban J connectivity index is 2.14. The van der Waals surface area contributed by atoms with Gasteiger partial charge in [-0.15, -0.1) is 0 Å². The minimum Gasteiger partial charge on any atom is -0.310 e. The first kappa shape index (κ1) is 13.2. The second-order valence-corrected chi connectivity index (χ2v) is 5.03. The summed E-state index contributed by atoms with van der Waals surface area (Å²) < 4.78 is 1.11. The first-order valence-electron chi connectivity index (χ1n) is 6.04. The van der Waals surface area contributed by atoms with Gasteiger partial charge in [-0.25, -0.2) is 0 Å². The maximum absolute atomic E-state index is 3.95. The fourth-order valence-electron chi connectivity index (χ4n) is 1.92.